The lowest BCUT2D eigenvalue weighted by atomic mass is 10.2. The third-order valence-electron chi connectivity index (χ3n) is 3.37. The Hall–Kier alpha value is -2.09. The predicted molar refractivity (Wildman–Crippen MR) is 103 cm³/mol. The molecule has 0 bridgehead atoms. The van der Waals surface area contributed by atoms with Crippen LogP contribution in [0, 0.1) is 0 Å². The zero-order valence-electron chi connectivity index (χ0n) is 14.1. The van der Waals surface area contributed by atoms with Crippen molar-refractivity contribution in [2.75, 3.05) is 25.2 Å². The van der Waals surface area contributed by atoms with Gasteiger partial charge in [-0.05, 0) is 30.3 Å². The number of carbonyl (C=O) groups excluding carboxylic acids is 1. The van der Waals surface area contributed by atoms with Crippen molar-refractivity contribution >= 4 is 33.4 Å². The van der Waals surface area contributed by atoms with Gasteiger partial charge >= 0.3 is 0 Å². The molecule has 0 heterocycles. The van der Waals surface area contributed by atoms with Crippen LogP contribution in [-0.2, 0) is 10.0 Å². The number of thioether (sulfide) groups is 1. The largest absolute Gasteiger partial charge is 0.321 e. The Labute approximate surface area is 152 Å². The van der Waals surface area contributed by atoms with Gasteiger partial charge in [0.15, 0.2) is 0 Å². The summed E-state index contributed by atoms with van der Waals surface area (Å²) in [5, 5.41) is 2.84. The van der Waals surface area contributed by atoms with E-state index in [0.717, 1.165) is 15.0 Å². The number of hydrogen-bond donors (Lipinski definition) is 1. The van der Waals surface area contributed by atoms with E-state index in [0.29, 0.717) is 5.69 Å². The van der Waals surface area contributed by atoms with Crippen molar-refractivity contribution in [1.82, 2.24) is 4.31 Å². The van der Waals surface area contributed by atoms with Crippen molar-refractivity contribution in [3.05, 3.63) is 66.7 Å². The summed E-state index contributed by atoms with van der Waals surface area (Å²) in [4.78, 5) is 13.5. The van der Waals surface area contributed by atoms with E-state index in [1.807, 2.05) is 24.3 Å². The van der Waals surface area contributed by atoms with Gasteiger partial charge in [-0.2, -0.15) is 0 Å². The minimum atomic E-state index is -3.59. The summed E-state index contributed by atoms with van der Waals surface area (Å²) in [6.07, 6.45) is 1.79. The van der Waals surface area contributed by atoms with Gasteiger partial charge in [0.1, 0.15) is 0 Å². The van der Waals surface area contributed by atoms with Gasteiger partial charge in [-0.1, -0.05) is 24.3 Å². The van der Waals surface area contributed by atoms with E-state index in [1.54, 1.807) is 30.0 Å². The second kappa shape index (κ2) is 8.33. The first kappa shape index (κ1) is 19.2. The van der Waals surface area contributed by atoms with Crippen molar-refractivity contribution in [2.24, 2.45) is 0 Å². The highest BCUT2D eigenvalue weighted by atomic mass is 32.2. The van der Waals surface area contributed by atoms with Gasteiger partial charge in [-0.3, -0.25) is 4.79 Å². The molecule has 0 fully saturated rings. The fraction of sp³-hybridized carbons (Fsp3) is 0.167. The molecule has 2 rings (SSSR count). The molecule has 0 atom stereocenters. The van der Waals surface area contributed by atoms with Gasteiger partial charge in [0.2, 0.25) is 10.0 Å². The van der Waals surface area contributed by atoms with Crippen molar-refractivity contribution in [1.29, 1.82) is 0 Å². The van der Waals surface area contributed by atoms with E-state index < -0.39 is 10.0 Å². The second-order valence-electron chi connectivity index (χ2n) is 5.37. The number of hydrogen-bond acceptors (Lipinski definition) is 4. The molecule has 0 aliphatic carbocycles. The Kier molecular flexibility index (Phi) is 6.41. The third kappa shape index (κ3) is 4.72. The molecular formula is C18H20N2O3S2. The van der Waals surface area contributed by atoms with Gasteiger partial charge in [-0.15, -0.1) is 18.3 Å². The van der Waals surface area contributed by atoms with E-state index >= 15 is 0 Å². The van der Waals surface area contributed by atoms with E-state index in [2.05, 4.69) is 11.9 Å². The van der Waals surface area contributed by atoms with Crippen LogP contribution in [0.3, 0.4) is 0 Å². The van der Waals surface area contributed by atoms with Crippen LogP contribution in [0.4, 0.5) is 5.69 Å². The Bertz CT molecular complexity index is 877. The highest BCUT2D eigenvalue weighted by molar-refractivity contribution is 7.99. The van der Waals surface area contributed by atoms with Gasteiger partial charge in [0.05, 0.1) is 10.6 Å². The summed E-state index contributed by atoms with van der Waals surface area (Å²) in [5.74, 6) is 0.367. The number of anilines is 1. The van der Waals surface area contributed by atoms with Gasteiger partial charge in [0, 0.05) is 30.3 Å². The zero-order valence-corrected chi connectivity index (χ0v) is 15.7. The molecule has 0 unspecified atom stereocenters. The smallest absolute Gasteiger partial charge is 0.255 e. The fourth-order valence-corrected chi connectivity index (χ4v) is 3.74. The normalized spacial score (nSPS) is 11.3. The van der Waals surface area contributed by atoms with Crippen molar-refractivity contribution < 1.29 is 13.2 Å². The highest BCUT2D eigenvalue weighted by Gasteiger charge is 2.19. The van der Waals surface area contributed by atoms with E-state index in [1.165, 1.54) is 26.2 Å². The minimum absolute atomic E-state index is 0.0828. The van der Waals surface area contributed by atoms with Crippen LogP contribution in [-0.4, -0.2) is 38.5 Å². The molecule has 7 heteroatoms. The predicted octanol–water partition coefficient (Wildman–Crippen LogP) is 3.47. The van der Waals surface area contributed by atoms with Gasteiger partial charge in [-0.25, -0.2) is 12.7 Å². The standard InChI is InChI=1S/C18H20N2O3S2/c1-4-12-24-17-11-6-5-10-16(17)19-18(21)14-8-7-9-15(13-14)25(22,23)20(2)3/h4-11,13H,1,12H2,2-3H3,(H,19,21). The lowest BCUT2D eigenvalue weighted by molar-refractivity contribution is 0.102. The molecule has 25 heavy (non-hydrogen) atoms. The molecule has 0 aliphatic heterocycles. The molecule has 0 aromatic heterocycles. The number of sulfonamides is 1. The second-order valence-corrected chi connectivity index (χ2v) is 8.58. The van der Waals surface area contributed by atoms with Crippen molar-refractivity contribution in [3.8, 4) is 0 Å². The van der Waals surface area contributed by atoms with E-state index in [9.17, 15) is 13.2 Å². The molecule has 132 valence electrons. The molecule has 2 aromatic carbocycles. The number of nitrogens with one attached hydrogen (secondary N) is 1. The van der Waals surface area contributed by atoms with Crippen LogP contribution in [0.5, 0.6) is 0 Å². The van der Waals surface area contributed by atoms with Crippen LogP contribution in [0.15, 0.2) is 71.0 Å². The number of carbonyl (C=O) groups is 1. The first-order valence-corrected chi connectivity index (χ1v) is 9.95. The SMILES string of the molecule is C=CCSc1ccccc1NC(=O)c1cccc(S(=O)(=O)N(C)C)c1. The van der Waals surface area contributed by atoms with Gasteiger partial charge in [0.25, 0.3) is 5.91 Å². The maximum absolute atomic E-state index is 12.5. The van der Waals surface area contributed by atoms with Crippen LogP contribution in [0.1, 0.15) is 10.4 Å². The molecule has 5 nitrogen and oxygen atoms in total. The monoisotopic (exact) mass is 376 g/mol. The molecule has 0 saturated heterocycles. The molecule has 1 N–H and O–H groups in total. The quantitative estimate of drug-likeness (QED) is 0.594. The van der Waals surface area contributed by atoms with Crippen LogP contribution >= 0.6 is 11.8 Å². The highest BCUT2D eigenvalue weighted by Crippen LogP contribution is 2.27. The van der Waals surface area contributed by atoms with E-state index in [-0.39, 0.29) is 16.4 Å². The Balaban J connectivity index is 2.27. The Morgan fingerprint density at radius 2 is 1.92 bits per heavy atom. The summed E-state index contributed by atoms with van der Waals surface area (Å²) >= 11 is 1.56. The number of nitrogens with zero attached hydrogens (tertiary/aromatic N) is 1. The third-order valence-corrected chi connectivity index (χ3v) is 6.25. The lowest BCUT2D eigenvalue weighted by Crippen LogP contribution is -2.22. The number of rotatable bonds is 7. The first-order chi connectivity index (χ1) is 11.9. The average molecular weight is 377 g/mol. The summed E-state index contributed by atoms with van der Waals surface area (Å²) < 4.78 is 25.6. The molecule has 0 saturated carbocycles. The molecule has 0 spiro atoms. The van der Waals surface area contributed by atoms with Gasteiger partial charge < -0.3 is 5.32 Å². The topological polar surface area (TPSA) is 66.5 Å². The fourth-order valence-electron chi connectivity index (χ4n) is 2.05. The number of para-hydroxylation sites is 1. The average Bonchev–Trinajstić information content (AvgIpc) is 2.61. The number of amides is 1. The first-order valence-electron chi connectivity index (χ1n) is 7.53. The summed E-state index contributed by atoms with van der Waals surface area (Å²) in [7, 11) is -0.681. The summed E-state index contributed by atoms with van der Waals surface area (Å²) in [6.45, 7) is 3.69. The number of benzene rings is 2. The van der Waals surface area contributed by atoms with Crippen LogP contribution < -0.4 is 5.32 Å². The van der Waals surface area contributed by atoms with Crippen LogP contribution in [0.25, 0.3) is 0 Å². The molecule has 2 aromatic rings. The molecular weight excluding hydrogens is 356 g/mol. The molecule has 0 radical (unpaired) electrons. The maximum Gasteiger partial charge on any atom is 0.255 e. The van der Waals surface area contributed by atoms with E-state index in [4.69, 9.17) is 0 Å². The molecule has 1 amide bonds. The molecule has 0 aliphatic rings. The zero-order chi connectivity index (χ0) is 18.4. The Morgan fingerprint density at radius 1 is 1.20 bits per heavy atom. The minimum Gasteiger partial charge on any atom is -0.321 e. The Morgan fingerprint density at radius 3 is 2.60 bits per heavy atom. The van der Waals surface area contributed by atoms with Crippen molar-refractivity contribution in [3.63, 3.8) is 0 Å². The summed E-state index contributed by atoms with van der Waals surface area (Å²) in [6, 6.07) is 13.4. The maximum atomic E-state index is 12.5. The van der Waals surface area contributed by atoms with Crippen molar-refractivity contribution in [2.45, 2.75) is 9.79 Å². The van der Waals surface area contributed by atoms with Crippen LogP contribution in [0.2, 0.25) is 0 Å². The lowest BCUT2D eigenvalue weighted by Gasteiger charge is -2.13. The summed E-state index contributed by atoms with van der Waals surface area (Å²) in [5.41, 5.74) is 0.965.